The largest absolute Gasteiger partial charge is 0.454 e. The zero-order valence-electron chi connectivity index (χ0n) is 23.0. The van der Waals surface area contributed by atoms with E-state index in [1.807, 2.05) is 51.2 Å². The molecule has 0 amide bonds. The lowest BCUT2D eigenvalue weighted by atomic mass is 9.92. The topological polar surface area (TPSA) is 97.9 Å². The van der Waals surface area contributed by atoms with Crippen LogP contribution in [0.5, 0.6) is 0 Å². The minimum atomic E-state index is -0.801. The van der Waals surface area contributed by atoms with Crippen molar-refractivity contribution in [3.05, 3.63) is 59.8 Å². The number of rotatable bonds is 3. The molecule has 37 heavy (non-hydrogen) atoms. The Labute approximate surface area is 220 Å². The monoisotopic (exact) mass is 514 g/mol. The molecule has 0 saturated carbocycles. The number of cyclic esters (lactones) is 1. The maximum absolute atomic E-state index is 13.0. The van der Waals surface area contributed by atoms with Crippen molar-refractivity contribution in [3.8, 4) is 0 Å². The Morgan fingerprint density at radius 3 is 2.43 bits per heavy atom. The Morgan fingerprint density at radius 2 is 1.78 bits per heavy atom. The second kappa shape index (κ2) is 12.5. The number of carbonyl (C=O) groups is 2. The Balaban J connectivity index is 1.87. The van der Waals surface area contributed by atoms with Crippen molar-refractivity contribution < 1.29 is 33.6 Å². The van der Waals surface area contributed by atoms with Gasteiger partial charge in [-0.25, -0.2) is 4.79 Å². The summed E-state index contributed by atoms with van der Waals surface area (Å²) >= 11 is 0. The van der Waals surface area contributed by atoms with Crippen molar-refractivity contribution in [2.24, 2.45) is 11.8 Å². The molecule has 0 radical (unpaired) electrons. The molecule has 0 aromatic carbocycles. The van der Waals surface area contributed by atoms with Gasteiger partial charge >= 0.3 is 5.97 Å². The van der Waals surface area contributed by atoms with Crippen molar-refractivity contribution in [1.82, 2.24) is 0 Å². The van der Waals surface area contributed by atoms with E-state index in [0.29, 0.717) is 24.0 Å². The van der Waals surface area contributed by atoms with Crippen molar-refractivity contribution >= 4 is 11.8 Å². The molecule has 0 bridgehead atoms. The highest BCUT2D eigenvalue weighted by Gasteiger charge is 2.49. The molecule has 7 heteroatoms. The molecule has 3 aliphatic rings. The van der Waals surface area contributed by atoms with Crippen LogP contribution in [0.2, 0.25) is 0 Å². The van der Waals surface area contributed by atoms with E-state index in [1.54, 1.807) is 46.1 Å². The van der Waals surface area contributed by atoms with Gasteiger partial charge in [0.1, 0.15) is 17.8 Å². The highest BCUT2D eigenvalue weighted by atomic mass is 16.6. The minimum Gasteiger partial charge on any atom is -0.454 e. The van der Waals surface area contributed by atoms with Gasteiger partial charge in [-0.2, -0.15) is 0 Å². The molecule has 1 N–H and O–H groups in total. The van der Waals surface area contributed by atoms with Crippen LogP contribution < -0.4 is 0 Å². The number of epoxide rings is 2. The molecule has 0 unspecified atom stereocenters. The van der Waals surface area contributed by atoms with Gasteiger partial charge in [0.05, 0.1) is 24.4 Å². The van der Waals surface area contributed by atoms with Crippen LogP contribution in [-0.2, 0) is 28.5 Å². The number of fused-ring (bicyclic) bond motifs is 1. The van der Waals surface area contributed by atoms with Gasteiger partial charge in [0, 0.05) is 30.9 Å². The number of aliphatic hydroxyl groups excluding tert-OH is 1. The van der Waals surface area contributed by atoms with Crippen LogP contribution in [0, 0.1) is 11.8 Å². The fraction of sp³-hybridized carbons (Fsp3) is 0.600. The molecule has 0 aromatic rings. The second-order valence-electron chi connectivity index (χ2n) is 10.7. The fourth-order valence-corrected chi connectivity index (χ4v) is 4.46. The van der Waals surface area contributed by atoms with Crippen LogP contribution in [0.15, 0.2) is 59.8 Å². The van der Waals surface area contributed by atoms with Crippen LogP contribution in [0.1, 0.15) is 54.4 Å². The smallest absolute Gasteiger partial charge is 0.334 e. The maximum atomic E-state index is 13.0. The van der Waals surface area contributed by atoms with Crippen LogP contribution in [-0.4, -0.2) is 66.2 Å². The molecule has 0 aliphatic carbocycles. The number of ketones is 1. The third-order valence-electron chi connectivity index (χ3n) is 7.47. The van der Waals surface area contributed by atoms with Crippen LogP contribution in [0.3, 0.4) is 0 Å². The predicted octanol–water partition coefficient (Wildman–Crippen LogP) is 4.42. The van der Waals surface area contributed by atoms with Gasteiger partial charge in [0.2, 0.25) is 0 Å². The molecule has 3 rings (SSSR count). The van der Waals surface area contributed by atoms with Crippen LogP contribution in [0.25, 0.3) is 0 Å². The first-order valence-electron chi connectivity index (χ1n) is 13.1. The number of allylic oxidation sites excluding steroid dienone is 4. The van der Waals surface area contributed by atoms with E-state index in [2.05, 4.69) is 0 Å². The molecular weight excluding hydrogens is 472 g/mol. The summed E-state index contributed by atoms with van der Waals surface area (Å²) in [5.74, 6) is -1.48. The molecule has 7 nitrogen and oxygen atoms in total. The van der Waals surface area contributed by atoms with Crippen LogP contribution >= 0.6 is 0 Å². The second-order valence-corrected chi connectivity index (χ2v) is 10.7. The van der Waals surface area contributed by atoms with E-state index in [0.717, 1.165) is 0 Å². The van der Waals surface area contributed by atoms with E-state index in [-0.39, 0.29) is 30.2 Å². The van der Waals surface area contributed by atoms with Gasteiger partial charge in [-0.3, -0.25) is 4.79 Å². The molecule has 3 heterocycles. The molecule has 2 saturated heterocycles. The summed E-state index contributed by atoms with van der Waals surface area (Å²) < 4.78 is 22.8. The van der Waals surface area contributed by atoms with Gasteiger partial charge < -0.3 is 24.1 Å². The maximum Gasteiger partial charge on any atom is 0.334 e. The quantitative estimate of drug-likeness (QED) is 0.338. The van der Waals surface area contributed by atoms with Crippen molar-refractivity contribution in [3.63, 3.8) is 0 Å². The summed E-state index contributed by atoms with van der Waals surface area (Å²) in [6, 6.07) is 0. The van der Waals surface area contributed by atoms with Crippen molar-refractivity contribution in [2.45, 2.75) is 96.6 Å². The van der Waals surface area contributed by atoms with Gasteiger partial charge in [-0.05, 0) is 45.8 Å². The highest BCUT2D eigenvalue weighted by Crippen LogP contribution is 2.40. The minimum absolute atomic E-state index is 0.0240. The molecule has 0 aromatic heterocycles. The highest BCUT2D eigenvalue weighted by molar-refractivity contribution is 5.99. The summed E-state index contributed by atoms with van der Waals surface area (Å²) in [6.07, 6.45) is 14.2. The van der Waals surface area contributed by atoms with Gasteiger partial charge in [-0.15, -0.1) is 0 Å². The number of ether oxygens (including phenoxy) is 4. The first-order chi connectivity index (χ1) is 17.4. The zero-order valence-corrected chi connectivity index (χ0v) is 23.0. The number of aliphatic hydroxyl groups is 1. The lowest BCUT2D eigenvalue weighted by Crippen LogP contribution is -2.35. The Bertz CT molecular complexity index is 990. The third-order valence-corrected chi connectivity index (χ3v) is 7.47. The number of esters is 1. The SMILES string of the molecule is CO[C@@H]1C=C[C@@]2(C)O[C@@H]2CC=CC=C(C)C(=O)[C@@H](C)C=C(C)C(=O)O[C@H](C=C[C@H]2O[C@@H]2C)[C@H](C)[C@H](O)C1. The van der Waals surface area contributed by atoms with Crippen molar-refractivity contribution in [2.75, 3.05) is 7.11 Å². The van der Waals surface area contributed by atoms with Gasteiger partial charge in [0.15, 0.2) is 5.78 Å². The molecule has 0 spiro atoms. The molecule has 9 atom stereocenters. The number of hydrogen-bond donors (Lipinski definition) is 1. The standard InChI is InChI=1S/C30H42O7/c1-18-10-8-9-11-27-30(6,37-27)15-14-23(34-7)17-24(31)21(4)25(12-13-26-22(5)35-26)36-29(33)20(3)16-19(2)28(18)32/h8-10,12-16,19,21-27,31H,11,17H2,1-7H3/t19-,21+,22+,23+,24+,25+,26+,27+,30+/m0/s1. The Hall–Kier alpha value is -2.32. The lowest BCUT2D eigenvalue weighted by molar-refractivity contribution is -0.146. The normalized spacial score (nSPS) is 40.0. The number of hydrogen-bond acceptors (Lipinski definition) is 7. The fourth-order valence-electron chi connectivity index (χ4n) is 4.46. The van der Waals surface area contributed by atoms with E-state index < -0.39 is 35.6 Å². The predicted molar refractivity (Wildman–Crippen MR) is 142 cm³/mol. The summed E-state index contributed by atoms with van der Waals surface area (Å²) in [4.78, 5) is 25.8. The molecule has 2 fully saturated rings. The third kappa shape index (κ3) is 8.08. The molecule has 204 valence electrons. The van der Waals surface area contributed by atoms with E-state index >= 15 is 0 Å². The van der Waals surface area contributed by atoms with Gasteiger partial charge in [0.25, 0.3) is 0 Å². The van der Waals surface area contributed by atoms with E-state index in [9.17, 15) is 14.7 Å². The summed E-state index contributed by atoms with van der Waals surface area (Å²) in [5.41, 5.74) is 0.553. The summed E-state index contributed by atoms with van der Waals surface area (Å²) in [5, 5.41) is 11.1. The molecule has 3 aliphatic heterocycles. The zero-order chi connectivity index (χ0) is 27.3. The van der Waals surface area contributed by atoms with Crippen molar-refractivity contribution in [1.29, 1.82) is 0 Å². The molecular formula is C30H42O7. The Kier molecular flexibility index (Phi) is 9.86. The average Bonchev–Trinajstić information content (AvgIpc) is 3.75. The van der Waals surface area contributed by atoms with E-state index in [1.165, 1.54) is 0 Å². The summed E-state index contributed by atoms with van der Waals surface area (Å²) in [6.45, 7) is 11.0. The first kappa shape index (κ1) is 29.2. The van der Waals surface area contributed by atoms with E-state index in [4.69, 9.17) is 18.9 Å². The Morgan fingerprint density at radius 1 is 1.11 bits per heavy atom. The summed E-state index contributed by atoms with van der Waals surface area (Å²) in [7, 11) is 1.61. The lowest BCUT2D eigenvalue weighted by Gasteiger charge is -2.27. The average molecular weight is 515 g/mol. The first-order valence-corrected chi connectivity index (χ1v) is 13.1. The number of methoxy groups -OCH3 is 1. The number of Topliss-reactive ketones (excluding diaryl/α,β-unsaturated/α-hetero) is 1. The number of carbonyl (C=O) groups excluding carboxylic acids is 2. The van der Waals surface area contributed by atoms with Gasteiger partial charge in [-0.1, -0.05) is 56.4 Å². The van der Waals surface area contributed by atoms with Crippen LogP contribution in [0.4, 0.5) is 0 Å².